The van der Waals surface area contributed by atoms with Crippen LogP contribution in [0.15, 0.2) is 60.7 Å². The SMILES string of the molecule is CC1(C)[C@H](C(=O)OCOc2ccccc2)N2C(=O)[C@@H](NC(=O)COc3ccccc3)[C@H]2S1(=O)=O. The van der Waals surface area contributed by atoms with Gasteiger partial charge in [0.2, 0.25) is 12.7 Å². The van der Waals surface area contributed by atoms with Crippen molar-refractivity contribution in [3.8, 4) is 11.5 Å². The lowest BCUT2D eigenvalue weighted by Crippen LogP contribution is -2.72. The third-order valence-electron chi connectivity index (χ3n) is 5.89. The Morgan fingerprint density at radius 3 is 2.12 bits per heavy atom. The highest BCUT2D eigenvalue weighted by atomic mass is 32.2. The van der Waals surface area contributed by atoms with Gasteiger partial charge in [0.15, 0.2) is 21.8 Å². The maximum atomic E-state index is 13.2. The van der Waals surface area contributed by atoms with Crippen LogP contribution in [0.2, 0.25) is 0 Å². The van der Waals surface area contributed by atoms with Gasteiger partial charge in [-0.2, -0.15) is 0 Å². The van der Waals surface area contributed by atoms with Crippen LogP contribution in [0.1, 0.15) is 13.8 Å². The predicted molar refractivity (Wildman–Crippen MR) is 119 cm³/mol. The molecule has 0 spiro atoms. The molecule has 0 aromatic heterocycles. The largest absolute Gasteiger partial charge is 0.484 e. The smallest absolute Gasteiger partial charge is 0.333 e. The number of rotatable bonds is 8. The first-order valence-electron chi connectivity index (χ1n) is 10.5. The third kappa shape index (κ3) is 4.07. The van der Waals surface area contributed by atoms with E-state index in [2.05, 4.69) is 5.32 Å². The number of ether oxygens (including phenoxy) is 3. The summed E-state index contributed by atoms with van der Waals surface area (Å²) in [4.78, 5) is 38.9. The number of carbonyl (C=O) groups excluding carboxylic acids is 3. The second-order valence-electron chi connectivity index (χ2n) is 8.37. The number of benzene rings is 2. The van der Waals surface area contributed by atoms with Crippen LogP contribution >= 0.6 is 0 Å². The molecule has 34 heavy (non-hydrogen) atoms. The molecule has 180 valence electrons. The fourth-order valence-electron chi connectivity index (χ4n) is 4.05. The summed E-state index contributed by atoms with van der Waals surface area (Å²) in [5.74, 6) is -1.32. The first-order chi connectivity index (χ1) is 16.1. The lowest BCUT2D eigenvalue weighted by molar-refractivity contribution is -0.168. The highest BCUT2D eigenvalue weighted by Crippen LogP contribution is 2.46. The second kappa shape index (κ2) is 8.98. The molecule has 3 atom stereocenters. The fourth-order valence-corrected chi connectivity index (χ4v) is 6.26. The van der Waals surface area contributed by atoms with Gasteiger partial charge in [0, 0.05) is 0 Å². The zero-order chi connectivity index (χ0) is 24.5. The summed E-state index contributed by atoms with van der Waals surface area (Å²) in [6.07, 6.45) is 0. The maximum Gasteiger partial charge on any atom is 0.333 e. The van der Waals surface area contributed by atoms with Crippen LogP contribution in [-0.2, 0) is 29.0 Å². The van der Waals surface area contributed by atoms with E-state index >= 15 is 0 Å². The van der Waals surface area contributed by atoms with Crippen LogP contribution in [0, 0.1) is 0 Å². The zero-order valence-corrected chi connectivity index (χ0v) is 19.4. The predicted octanol–water partition coefficient (Wildman–Crippen LogP) is 0.874. The molecule has 0 saturated carbocycles. The average Bonchev–Trinajstić information content (AvgIpc) is 2.97. The molecule has 2 amide bonds. The Bertz CT molecular complexity index is 1180. The maximum absolute atomic E-state index is 13.2. The van der Waals surface area contributed by atoms with Gasteiger partial charge in [0.05, 0.1) is 0 Å². The minimum Gasteiger partial charge on any atom is -0.484 e. The number of nitrogens with zero attached hydrogens (tertiary/aromatic N) is 1. The first-order valence-corrected chi connectivity index (χ1v) is 12.1. The monoisotopic (exact) mass is 488 g/mol. The molecule has 1 N–H and O–H groups in total. The van der Waals surface area contributed by atoms with Crippen LogP contribution in [0.5, 0.6) is 11.5 Å². The number of amides is 2. The molecule has 0 bridgehead atoms. The number of sulfone groups is 1. The minimum absolute atomic E-state index is 0.397. The highest BCUT2D eigenvalue weighted by molar-refractivity contribution is 7.94. The van der Waals surface area contributed by atoms with Crippen molar-refractivity contribution in [2.24, 2.45) is 0 Å². The highest BCUT2D eigenvalue weighted by Gasteiger charge is 2.72. The Labute approximate surface area is 196 Å². The number of hydrogen-bond donors (Lipinski definition) is 1. The van der Waals surface area contributed by atoms with Gasteiger partial charge in [-0.3, -0.25) is 9.59 Å². The van der Waals surface area contributed by atoms with Crippen molar-refractivity contribution in [2.45, 2.75) is 36.1 Å². The first kappa shape index (κ1) is 23.6. The van der Waals surface area contributed by atoms with Crippen LogP contribution < -0.4 is 14.8 Å². The van der Waals surface area contributed by atoms with E-state index in [9.17, 15) is 22.8 Å². The summed E-state index contributed by atoms with van der Waals surface area (Å²) in [6, 6.07) is 14.5. The quantitative estimate of drug-likeness (QED) is 0.329. The Balaban J connectivity index is 1.41. The summed E-state index contributed by atoms with van der Waals surface area (Å²) in [7, 11) is -4.02. The molecule has 10 nitrogen and oxygen atoms in total. The summed E-state index contributed by atoms with van der Waals surface area (Å²) in [5.41, 5.74) is 0. The van der Waals surface area contributed by atoms with E-state index in [4.69, 9.17) is 14.2 Å². The van der Waals surface area contributed by atoms with E-state index in [1.165, 1.54) is 13.8 Å². The molecule has 2 aliphatic rings. The van der Waals surface area contributed by atoms with E-state index in [0.29, 0.717) is 11.5 Å². The van der Waals surface area contributed by atoms with Gasteiger partial charge in [-0.05, 0) is 38.1 Å². The van der Waals surface area contributed by atoms with E-state index < -0.39 is 63.2 Å². The molecule has 11 heteroatoms. The number of β-lactam (4-membered cyclic amide) rings is 1. The Hall–Kier alpha value is -3.60. The Kier molecular flexibility index (Phi) is 6.22. The molecule has 2 saturated heterocycles. The van der Waals surface area contributed by atoms with Gasteiger partial charge in [-0.15, -0.1) is 0 Å². The molecule has 0 unspecified atom stereocenters. The molecule has 0 radical (unpaired) electrons. The molecule has 4 rings (SSSR count). The van der Waals surface area contributed by atoms with Gasteiger partial charge in [0.1, 0.15) is 28.3 Å². The van der Waals surface area contributed by atoms with Crippen molar-refractivity contribution in [1.82, 2.24) is 10.2 Å². The number of para-hydroxylation sites is 2. The molecular weight excluding hydrogens is 464 g/mol. The Morgan fingerprint density at radius 2 is 1.53 bits per heavy atom. The number of esters is 1. The van der Waals surface area contributed by atoms with E-state index in [1.807, 2.05) is 0 Å². The second-order valence-corrected chi connectivity index (χ2v) is 11.0. The van der Waals surface area contributed by atoms with Crippen molar-refractivity contribution in [3.05, 3.63) is 60.7 Å². The van der Waals surface area contributed by atoms with E-state index in [-0.39, 0.29) is 0 Å². The van der Waals surface area contributed by atoms with Crippen LogP contribution in [0.3, 0.4) is 0 Å². The van der Waals surface area contributed by atoms with Crippen LogP contribution in [-0.4, -0.2) is 66.7 Å². The molecule has 0 aliphatic carbocycles. The van der Waals surface area contributed by atoms with Crippen molar-refractivity contribution in [1.29, 1.82) is 0 Å². The average molecular weight is 489 g/mol. The lowest BCUT2D eigenvalue weighted by atomic mass is 9.96. The van der Waals surface area contributed by atoms with Crippen LogP contribution in [0.25, 0.3) is 0 Å². The molecule has 2 aromatic carbocycles. The van der Waals surface area contributed by atoms with Crippen molar-refractivity contribution < 1.29 is 37.0 Å². The summed E-state index contributed by atoms with van der Waals surface area (Å²) in [6.45, 7) is 1.87. The van der Waals surface area contributed by atoms with Crippen molar-refractivity contribution >= 4 is 27.6 Å². The van der Waals surface area contributed by atoms with Crippen LogP contribution in [0.4, 0.5) is 0 Å². The molecule has 2 aromatic rings. The molecule has 2 aliphatic heterocycles. The standard InChI is InChI=1S/C23H24N2O8S/c1-23(2)19(22(28)33-14-32-16-11-7-4-8-12-16)25-20(27)18(21(25)34(23,29)30)24-17(26)13-31-15-9-5-3-6-10-15/h3-12,18-19,21H,13-14H2,1-2H3,(H,24,26)/t18-,19+,21-/m1/s1. The molecular formula is C23H24N2O8S. The molecule has 2 heterocycles. The van der Waals surface area contributed by atoms with Gasteiger partial charge in [0.25, 0.3) is 5.91 Å². The zero-order valence-electron chi connectivity index (χ0n) is 18.5. The fraction of sp³-hybridized carbons (Fsp3) is 0.348. The third-order valence-corrected chi connectivity index (χ3v) is 8.72. The number of fused-ring (bicyclic) bond motifs is 1. The van der Waals surface area contributed by atoms with Crippen molar-refractivity contribution in [3.63, 3.8) is 0 Å². The minimum atomic E-state index is -4.02. The van der Waals surface area contributed by atoms with Gasteiger partial charge in [-0.25, -0.2) is 13.2 Å². The van der Waals surface area contributed by atoms with Crippen molar-refractivity contribution in [2.75, 3.05) is 13.4 Å². The molecule has 2 fully saturated rings. The number of nitrogens with one attached hydrogen (secondary N) is 1. The lowest BCUT2D eigenvalue weighted by Gasteiger charge is -2.42. The summed E-state index contributed by atoms with van der Waals surface area (Å²) >= 11 is 0. The number of carbonyl (C=O) groups is 3. The topological polar surface area (TPSA) is 128 Å². The van der Waals surface area contributed by atoms with Gasteiger partial charge < -0.3 is 24.4 Å². The Morgan fingerprint density at radius 1 is 0.971 bits per heavy atom. The van der Waals surface area contributed by atoms with Gasteiger partial charge in [-0.1, -0.05) is 36.4 Å². The number of hydrogen-bond acceptors (Lipinski definition) is 8. The summed E-state index contributed by atoms with van der Waals surface area (Å²) in [5, 5.41) is 1.04. The summed E-state index contributed by atoms with van der Waals surface area (Å²) < 4.78 is 40.6. The van der Waals surface area contributed by atoms with E-state index in [1.54, 1.807) is 60.7 Å². The van der Waals surface area contributed by atoms with Gasteiger partial charge >= 0.3 is 5.97 Å². The van der Waals surface area contributed by atoms with E-state index in [0.717, 1.165) is 4.90 Å². The normalized spacial score (nSPS) is 23.9.